The normalized spacial score (nSPS) is 16.2. The minimum atomic E-state index is -0.576. The highest BCUT2D eigenvalue weighted by Gasteiger charge is 2.31. The molecule has 4 rings (SSSR count). The lowest BCUT2D eigenvalue weighted by molar-refractivity contribution is -0.136. The van der Waals surface area contributed by atoms with E-state index in [0.29, 0.717) is 13.1 Å². The molecule has 0 bridgehead atoms. The Morgan fingerprint density at radius 2 is 1.93 bits per heavy atom. The fourth-order valence-electron chi connectivity index (χ4n) is 3.75. The van der Waals surface area contributed by atoms with Gasteiger partial charge in [-0.1, -0.05) is 19.9 Å². The molecule has 0 radical (unpaired) electrons. The Hall–Kier alpha value is -3.13. The molecule has 2 amide bonds. The van der Waals surface area contributed by atoms with Crippen molar-refractivity contribution in [2.45, 2.75) is 26.4 Å². The van der Waals surface area contributed by atoms with Crippen LogP contribution in [0.25, 0.3) is 5.65 Å². The zero-order valence-electron chi connectivity index (χ0n) is 17.3. The minimum Gasteiger partial charge on any atom is -0.459 e. The molecule has 1 atom stereocenters. The quantitative estimate of drug-likeness (QED) is 0.674. The summed E-state index contributed by atoms with van der Waals surface area (Å²) in [5.74, 6) is -0.215. The molecule has 1 N–H and O–H groups in total. The molecular weight excluding hydrogens is 382 g/mol. The first-order valence-electron chi connectivity index (χ1n) is 10.3. The summed E-state index contributed by atoms with van der Waals surface area (Å²) >= 11 is 0. The molecule has 3 aromatic rings. The number of hydrogen-bond acceptors (Lipinski definition) is 5. The number of pyridine rings is 1. The van der Waals surface area contributed by atoms with Gasteiger partial charge < -0.3 is 19.0 Å². The first kappa shape index (κ1) is 20.2. The summed E-state index contributed by atoms with van der Waals surface area (Å²) in [5.41, 5.74) is 1.96. The van der Waals surface area contributed by atoms with Crippen molar-refractivity contribution in [1.82, 2.24) is 24.5 Å². The van der Waals surface area contributed by atoms with E-state index in [2.05, 4.69) is 15.2 Å². The van der Waals surface area contributed by atoms with Crippen LogP contribution in [0.1, 0.15) is 30.1 Å². The van der Waals surface area contributed by atoms with Crippen LogP contribution in [-0.4, -0.2) is 63.2 Å². The molecule has 1 saturated heterocycles. The van der Waals surface area contributed by atoms with E-state index in [0.717, 1.165) is 31.0 Å². The third kappa shape index (κ3) is 4.38. The van der Waals surface area contributed by atoms with Crippen LogP contribution >= 0.6 is 0 Å². The highest BCUT2D eigenvalue weighted by Crippen LogP contribution is 2.13. The maximum Gasteiger partial charge on any atom is 0.287 e. The Bertz CT molecular complexity index is 970. The molecule has 3 aromatic heterocycles. The molecule has 0 aromatic carbocycles. The van der Waals surface area contributed by atoms with E-state index in [1.54, 1.807) is 12.1 Å². The first-order valence-corrected chi connectivity index (χ1v) is 10.3. The van der Waals surface area contributed by atoms with E-state index in [-0.39, 0.29) is 23.5 Å². The van der Waals surface area contributed by atoms with Crippen LogP contribution in [0.2, 0.25) is 0 Å². The Kier molecular flexibility index (Phi) is 5.85. The van der Waals surface area contributed by atoms with Crippen molar-refractivity contribution in [2.24, 2.45) is 5.92 Å². The van der Waals surface area contributed by atoms with Crippen molar-refractivity contribution in [1.29, 1.82) is 0 Å². The minimum absolute atomic E-state index is 0.0209. The number of aromatic nitrogens is 2. The molecule has 1 unspecified atom stereocenters. The molecule has 0 saturated carbocycles. The highest BCUT2D eigenvalue weighted by molar-refractivity contribution is 5.95. The zero-order chi connectivity index (χ0) is 21.1. The fraction of sp³-hybridized carbons (Fsp3) is 0.409. The molecule has 158 valence electrons. The smallest absolute Gasteiger partial charge is 0.287 e. The van der Waals surface area contributed by atoms with Gasteiger partial charge in [0.2, 0.25) is 5.91 Å². The molecule has 0 aliphatic carbocycles. The number of hydrogen-bond donors (Lipinski definition) is 1. The number of piperazine rings is 1. The maximum atomic E-state index is 13.1. The largest absolute Gasteiger partial charge is 0.459 e. The average molecular weight is 409 g/mol. The van der Waals surface area contributed by atoms with Gasteiger partial charge in [-0.15, -0.1) is 0 Å². The van der Waals surface area contributed by atoms with E-state index in [1.807, 2.05) is 53.7 Å². The van der Waals surface area contributed by atoms with Crippen molar-refractivity contribution in [3.63, 3.8) is 0 Å². The Balaban J connectivity index is 1.33. The third-order valence-corrected chi connectivity index (χ3v) is 5.45. The highest BCUT2D eigenvalue weighted by atomic mass is 16.3. The number of amides is 2. The van der Waals surface area contributed by atoms with Gasteiger partial charge in [0.1, 0.15) is 11.7 Å². The zero-order valence-corrected chi connectivity index (χ0v) is 17.3. The summed E-state index contributed by atoms with van der Waals surface area (Å²) in [6.07, 6.45) is 5.49. The second-order valence-corrected chi connectivity index (χ2v) is 7.97. The Morgan fingerprint density at radius 1 is 1.13 bits per heavy atom. The number of rotatable bonds is 6. The molecule has 8 heteroatoms. The number of nitrogens with zero attached hydrogens (tertiary/aromatic N) is 4. The van der Waals surface area contributed by atoms with Crippen LogP contribution in [0.3, 0.4) is 0 Å². The van der Waals surface area contributed by atoms with E-state index in [9.17, 15) is 9.59 Å². The summed E-state index contributed by atoms with van der Waals surface area (Å²) < 4.78 is 7.16. The van der Waals surface area contributed by atoms with Gasteiger partial charge in [-0.25, -0.2) is 4.98 Å². The Labute approximate surface area is 175 Å². The van der Waals surface area contributed by atoms with Crippen molar-refractivity contribution in [3.8, 4) is 0 Å². The first-order chi connectivity index (χ1) is 14.5. The van der Waals surface area contributed by atoms with Gasteiger partial charge in [-0.2, -0.15) is 0 Å². The summed E-state index contributed by atoms with van der Waals surface area (Å²) in [5, 5.41) is 2.83. The molecule has 30 heavy (non-hydrogen) atoms. The number of fused-ring (bicyclic) bond motifs is 1. The van der Waals surface area contributed by atoms with Crippen LogP contribution in [0, 0.1) is 5.92 Å². The van der Waals surface area contributed by atoms with Crippen LogP contribution in [0.4, 0.5) is 0 Å². The number of furan rings is 1. The lowest BCUT2D eigenvalue weighted by Gasteiger charge is -2.37. The summed E-state index contributed by atoms with van der Waals surface area (Å²) in [4.78, 5) is 34.2. The van der Waals surface area contributed by atoms with Gasteiger partial charge in [0, 0.05) is 45.1 Å². The maximum absolute atomic E-state index is 13.1. The van der Waals surface area contributed by atoms with Gasteiger partial charge >= 0.3 is 0 Å². The van der Waals surface area contributed by atoms with Crippen LogP contribution in [-0.2, 0) is 11.3 Å². The van der Waals surface area contributed by atoms with Gasteiger partial charge in [0.25, 0.3) is 5.91 Å². The van der Waals surface area contributed by atoms with Crippen molar-refractivity contribution in [3.05, 3.63) is 60.4 Å². The monoisotopic (exact) mass is 409 g/mol. The van der Waals surface area contributed by atoms with Crippen LogP contribution in [0.15, 0.2) is 53.4 Å². The van der Waals surface area contributed by atoms with Crippen LogP contribution < -0.4 is 5.32 Å². The number of carbonyl (C=O) groups is 2. The third-order valence-electron chi connectivity index (χ3n) is 5.45. The van der Waals surface area contributed by atoms with Crippen LogP contribution in [0.5, 0.6) is 0 Å². The van der Waals surface area contributed by atoms with Crippen molar-refractivity contribution >= 4 is 17.5 Å². The molecule has 0 spiro atoms. The summed E-state index contributed by atoms with van der Waals surface area (Å²) in [7, 11) is 0. The molecule has 1 fully saturated rings. The van der Waals surface area contributed by atoms with Crippen molar-refractivity contribution < 1.29 is 14.0 Å². The topological polar surface area (TPSA) is 83.1 Å². The standard InChI is InChI=1S/C22H27N5O3/c1-16(2)20(24-21(28)18-6-5-13-30-18)22(29)26-11-9-25(10-12-26)14-17-15-27-8-4-3-7-19(27)23-17/h3-8,13,15-16,20H,9-12,14H2,1-2H3,(H,24,28). The predicted octanol–water partition coefficient (Wildman–Crippen LogP) is 2.03. The van der Waals surface area contributed by atoms with Crippen molar-refractivity contribution in [2.75, 3.05) is 26.2 Å². The molecule has 4 heterocycles. The lowest BCUT2D eigenvalue weighted by atomic mass is 10.0. The summed E-state index contributed by atoms with van der Waals surface area (Å²) in [6.45, 7) is 7.44. The second-order valence-electron chi connectivity index (χ2n) is 7.97. The van der Waals surface area contributed by atoms with E-state index in [4.69, 9.17) is 4.42 Å². The molecule has 1 aliphatic rings. The number of imidazole rings is 1. The SMILES string of the molecule is CC(C)C(NC(=O)c1ccco1)C(=O)N1CCN(Cc2cn3ccccc3n2)CC1. The lowest BCUT2D eigenvalue weighted by Crippen LogP contribution is -2.56. The Morgan fingerprint density at radius 3 is 2.60 bits per heavy atom. The summed E-state index contributed by atoms with van der Waals surface area (Å²) in [6, 6.07) is 8.62. The predicted molar refractivity (Wildman–Crippen MR) is 112 cm³/mol. The van der Waals surface area contributed by atoms with E-state index in [1.165, 1.54) is 6.26 Å². The molecular formula is C22H27N5O3. The fourth-order valence-corrected chi connectivity index (χ4v) is 3.75. The average Bonchev–Trinajstić information content (AvgIpc) is 3.41. The molecule has 1 aliphatic heterocycles. The van der Waals surface area contributed by atoms with Gasteiger partial charge in [-0.05, 0) is 30.2 Å². The molecule has 8 nitrogen and oxygen atoms in total. The van der Waals surface area contributed by atoms with Gasteiger partial charge in [0.05, 0.1) is 12.0 Å². The van der Waals surface area contributed by atoms with Gasteiger partial charge in [-0.3, -0.25) is 14.5 Å². The second kappa shape index (κ2) is 8.71. The van der Waals surface area contributed by atoms with Gasteiger partial charge in [0.15, 0.2) is 5.76 Å². The van der Waals surface area contributed by atoms with E-state index < -0.39 is 6.04 Å². The van der Waals surface area contributed by atoms with E-state index >= 15 is 0 Å². The number of carbonyl (C=O) groups excluding carboxylic acids is 2. The number of nitrogens with one attached hydrogen (secondary N) is 1.